The van der Waals surface area contributed by atoms with Crippen LogP contribution in [0.5, 0.6) is 0 Å². The summed E-state index contributed by atoms with van der Waals surface area (Å²) in [7, 11) is -3.59. The van der Waals surface area contributed by atoms with Gasteiger partial charge in [-0.25, -0.2) is 13.2 Å². The second-order valence-corrected chi connectivity index (χ2v) is 12.8. The van der Waals surface area contributed by atoms with E-state index in [0.29, 0.717) is 22.6 Å². The van der Waals surface area contributed by atoms with Crippen molar-refractivity contribution in [2.75, 3.05) is 11.1 Å². The van der Waals surface area contributed by atoms with E-state index in [1.54, 1.807) is 47.4 Å². The zero-order chi connectivity index (χ0) is 27.9. The molecule has 2 fully saturated rings. The van der Waals surface area contributed by atoms with E-state index < -0.39 is 15.9 Å². The minimum absolute atomic E-state index is 0.0887. The molecule has 1 atom stereocenters. The predicted molar refractivity (Wildman–Crippen MR) is 152 cm³/mol. The van der Waals surface area contributed by atoms with Gasteiger partial charge in [-0.15, -0.1) is 0 Å². The lowest BCUT2D eigenvalue weighted by Crippen LogP contribution is -2.21. The van der Waals surface area contributed by atoms with Crippen LogP contribution in [-0.4, -0.2) is 40.7 Å². The van der Waals surface area contributed by atoms with Gasteiger partial charge in [0, 0.05) is 29.5 Å². The number of carbonyl (C=O) groups is 1. The number of ether oxygens (including phenoxy) is 1. The first-order valence-electron chi connectivity index (χ1n) is 13.7. The molecular formula is C30H31N5O4S. The van der Waals surface area contributed by atoms with Crippen molar-refractivity contribution in [2.24, 2.45) is 5.92 Å². The van der Waals surface area contributed by atoms with Crippen molar-refractivity contribution in [3.63, 3.8) is 0 Å². The number of amides is 1. The van der Waals surface area contributed by atoms with Gasteiger partial charge in [-0.1, -0.05) is 12.1 Å². The van der Waals surface area contributed by atoms with E-state index in [0.717, 1.165) is 48.9 Å². The first kappa shape index (κ1) is 26.1. The molecule has 2 aromatic heterocycles. The molecule has 2 aliphatic rings. The van der Waals surface area contributed by atoms with Crippen LogP contribution in [-0.2, 0) is 21.1 Å². The van der Waals surface area contributed by atoms with Gasteiger partial charge in [0.05, 0.1) is 34.0 Å². The van der Waals surface area contributed by atoms with E-state index in [1.807, 2.05) is 25.1 Å². The summed E-state index contributed by atoms with van der Waals surface area (Å²) in [4.78, 5) is 12.5. The van der Waals surface area contributed by atoms with E-state index in [1.165, 1.54) is 0 Å². The molecule has 206 valence electrons. The van der Waals surface area contributed by atoms with Crippen LogP contribution in [0, 0.1) is 17.2 Å². The Morgan fingerprint density at radius 2 is 1.95 bits per heavy atom. The molecule has 6 rings (SSSR count). The molecule has 2 aliphatic carbocycles. The van der Waals surface area contributed by atoms with Gasteiger partial charge in [0.2, 0.25) is 0 Å². The zero-order valence-electron chi connectivity index (χ0n) is 22.3. The summed E-state index contributed by atoms with van der Waals surface area (Å²) in [6.45, 7) is 2.17. The second kappa shape index (κ2) is 10.5. The van der Waals surface area contributed by atoms with Crippen molar-refractivity contribution < 1.29 is 17.9 Å². The standard InChI is InChI=1S/C30H31N5O4S/c1-20(21-6-7-21)39-30(36)33-23-10-8-22(9-11-23)29-27(19-31)26-18-25(12-13-28(26)35(29)24-4-2-5-24)40(37,38)17-16-34-15-3-14-32-34/h3,8-15,18,20-21,24H,2,4-7,16-17H2,1H3,(H,33,36). The van der Waals surface area contributed by atoms with Crippen molar-refractivity contribution in [2.45, 2.75) is 62.6 Å². The summed E-state index contributed by atoms with van der Waals surface area (Å²) in [6.07, 6.45) is 8.06. The number of aromatic nitrogens is 3. The lowest BCUT2D eigenvalue weighted by Gasteiger charge is -2.30. The molecule has 0 saturated heterocycles. The third-order valence-corrected chi connectivity index (χ3v) is 9.71. The van der Waals surface area contributed by atoms with E-state index >= 15 is 0 Å². The predicted octanol–water partition coefficient (Wildman–Crippen LogP) is 5.92. The van der Waals surface area contributed by atoms with Gasteiger partial charge in [-0.2, -0.15) is 10.4 Å². The van der Waals surface area contributed by atoms with Gasteiger partial charge in [-0.05, 0) is 86.9 Å². The highest BCUT2D eigenvalue weighted by Gasteiger charge is 2.31. The molecule has 2 saturated carbocycles. The SMILES string of the molecule is CC(OC(=O)Nc1ccc(-c2c(C#N)c3cc(S(=O)(=O)CCn4cccn4)ccc3n2C2CCC2)cc1)C1CC1. The number of hydrogen-bond acceptors (Lipinski definition) is 6. The molecule has 9 nitrogen and oxygen atoms in total. The zero-order valence-corrected chi connectivity index (χ0v) is 23.1. The van der Waals surface area contributed by atoms with Gasteiger partial charge in [0.15, 0.2) is 9.84 Å². The molecule has 1 amide bonds. The van der Waals surface area contributed by atoms with Crippen LogP contribution in [0.1, 0.15) is 50.6 Å². The van der Waals surface area contributed by atoms with Gasteiger partial charge >= 0.3 is 6.09 Å². The number of nitrogens with zero attached hydrogens (tertiary/aromatic N) is 4. The number of sulfone groups is 1. The van der Waals surface area contributed by atoms with Crippen molar-refractivity contribution in [3.05, 3.63) is 66.5 Å². The maximum Gasteiger partial charge on any atom is 0.411 e. The lowest BCUT2D eigenvalue weighted by atomic mass is 9.92. The molecule has 0 radical (unpaired) electrons. The maximum atomic E-state index is 13.2. The molecule has 1 unspecified atom stereocenters. The Labute approximate surface area is 233 Å². The largest absolute Gasteiger partial charge is 0.446 e. The molecule has 0 bridgehead atoms. The van der Waals surface area contributed by atoms with Crippen LogP contribution in [0.2, 0.25) is 0 Å². The van der Waals surface area contributed by atoms with Gasteiger partial charge in [0.25, 0.3) is 0 Å². The average molecular weight is 558 g/mol. The van der Waals surface area contributed by atoms with Crippen LogP contribution in [0.25, 0.3) is 22.2 Å². The Morgan fingerprint density at radius 1 is 1.18 bits per heavy atom. The summed E-state index contributed by atoms with van der Waals surface area (Å²) in [5.74, 6) is 0.368. The molecule has 0 aliphatic heterocycles. The highest BCUT2D eigenvalue weighted by molar-refractivity contribution is 7.91. The fourth-order valence-corrected chi connectivity index (χ4v) is 6.60. The highest BCUT2D eigenvalue weighted by Crippen LogP contribution is 2.43. The van der Waals surface area contributed by atoms with Crippen molar-refractivity contribution in [1.29, 1.82) is 5.26 Å². The van der Waals surface area contributed by atoms with E-state index in [-0.39, 0.29) is 29.3 Å². The Morgan fingerprint density at radius 3 is 2.58 bits per heavy atom. The summed E-state index contributed by atoms with van der Waals surface area (Å²) >= 11 is 0. The topological polar surface area (TPSA) is 119 Å². The molecule has 4 aromatic rings. The first-order valence-corrected chi connectivity index (χ1v) is 15.4. The van der Waals surface area contributed by atoms with E-state index in [9.17, 15) is 18.5 Å². The van der Waals surface area contributed by atoms with Crippen LogP contribution in [0.3, 0.4) is 0 Å². The average Bonchev–Trinajstić information content (AvgIpc) is 3.55. The number of aryl methyl sites for hydroxylation is 1. The first-order chi connectivity index (χ1) is 19.3. The third-order valence-electron chi connectivity index (χ3n) is 8.02. The Hall–Kier alpha value is -4.10. The monoisotopic (exact) mass is 557 g/mol. The number of anilines is 1. The summed E-state index contributed by atoms with van der Waals surface area (Å²) in [5.41, 5.74) is 3.50. The molecule has 1 N–H and O–H groups in total. The summed E-state index contributed by atoms with van der Waals surface area (Å²) in [6, 6.07) is 16.8. The fourth-order valence-electron chi connectivity index (χ4n) is 5.36. The van der Waals surface area contributed by atoms with Gasteiger partial charge in [0.1, 0.15) is 12.2 Å². The number of carbonyl (C=O) groups excluding carboxylic acids is 1. The normalized spacial score (nSPS) is 16.3. The summed E-state index contributed by atoms with van der Waals surface area (Å²) in [5, 5.41) is 17.8. The number of nitriles is 1. The molecule has 2 heterocycles. The van der Waals surface area contributed by atoms with Crippen LogP contribution in [0.15, 0.2) is 65.8 Å². The number of rotatable bonds is 9. The Bertz CT molecular complexity index is 1690. The quantitative estimate of drug-likeness (QED) is 0.273. The third kappa shape index (κ3) is 5.09. The number of nitrogens with one attached hydrogen (secondary N) is 1. The second-order valence-electron chi connectivity index (χ2n) is 10.7. The van der Waals surface area contributed by atoms with E-state index in [2.05, 4.69) is 21.1 Å². The van der Waals surface area contributed by atoms with Crippen molar-refractivity contribution >= 4 is 32.5 Å². The number of benzene rings is 2. The van der Waals surface area contributed by atoms with Gasteiger partial charge < -0.3 is 9.30 Å². The van der Waals surface area contributed by atoms with Crippen LogP contribution in [0.4, 0.5) is 10.5 Å². The molecule has 0 spiro atoms. The van der Waals surface area contributed by atoms with Crippen molar-refractivity contribution in [3.8, 4) is 17.3 Å². The minimum Gasteiger partial charge on any atom is -0.446 e. The minimum atomic E-state index is -3.59. The van der Waals surface area contributed by atoms with Crippen LogP contribution < -0.4 is 5.32 Å². The van der Waals surface area contributed by atoms with Crippen molar-refractivity contribution in [1.82, 2.24) is 14.3 Å². The molecule has 10 heteroatoms. The summed E-state index contributed by atoms with van der Waals surface area (Å²) < 4.78 is 35.6. The molecule has 40 heavy (non-hydrogen) atoms. The number of hydrogen-bond donors (Lipinski definition) is 1. The molecular weight excluding hydrogens is 526 g/mol. The van der Waals surface area contributed by atoms with E-state index in [4.69, 9.17) is 4.74 Å². The highest BCUT2D eigenvalue weighted by atomic mass is 32.2. The number of fused-ring (bicyclic) bond motifs is 1. The lowest BCUT2D eigenvalue weighted by molar-refractivity contribution is 0.108. The maximum absolute atomic E-state index is 13.2. The van der Waals surface area contributed by atoms with Gasteiger partial charge in [-0.3, -0.25) is 10.00 Å². The fraction of sp³-hybridized carbons (Fsp3) is 0.367. The molecule has 2 aromatic carbocycles. The Kier molecular flexibility index (Phi) is 6.84. The Balaban J connectivity index is 1.32. The smallest absolute Gasteiger partial charge is 0.411 e. The van der Waals surface area contributed by atoms with Crippen LogP contribution >= 0.6 is 0 Å².